The molecular weight excluding hydrogens is 186 g/mol. The van der Waals surface area contributed by atoms with E-state index in [2.05, 4.69) is 16.6 Å². The summed E-state index contributed by atoms with van der Waals surface area (Å²) in [5.74, 6) is 0.994. The van der Waals surface area contributed by atoms with Crippen LogP contribution in [0.4, 0.5) is 0 Å². The van der Waals surface area contributed by atoms with Gasteiger partial charge >= 0.3 is 0 Å². The highest BCUT2D eigenvalue weighted by molar-refractivity contribution is 6.08. The fourth-order valence-corrected chi connectivity index (χ4v) is 0.755. The van der Waals surface area contributed by atoms with E-state index in [1.807, 2.05) is 33.8 Å². The van der Waals surface area contributed by atoms with Crippen LogP contribution in [-0.4, -0.2) is 11.7 Å². The molecule has 0 heterocycles. The summed E-state index contributed by atoms with van der Waals surface area (Å²) in [6.45, 7) is 11.5. The largest absolute Gasteiger partial charge is 0.384 e. The molecule has 0 atom stereocenters. The van der Waals surface area contributed by atoms with E-state index in [1.165, 1.54) is 0 Å². The second kappa shape index (κ2) is 6.76. The first-order valence-electron chi connectivity index (χ1n) is 4.81. The second-order valence-corrected chi connectivity index (χ2v) is 3.48. The van der Waals surface area contributed by atoms with Crippen molar-refractivity contribution < 1.29 is 0 Å². The Labute approximate surface area is 91.8 Å². The average Bonchev–Trinajstić information content (AvgIpc) is 2.11. The molecule has 0 saturated carbocycles. The molecule has 0 aliphatic heterocycles. The number of hydrogen-bond donors (Lipinski definition) is 1. The Bertz CT molecular complexity index is 340. The summed E-state index contributed by atoms with van der Waals surface area (Å²) >= 11 is 0. The fraction of sp³-hybridized carbons (Fsp3) is 0.333. The summed E-state index contributed by atoms with van der Waals surface area (Å²) in [5.41, 5.74) is 7.55. The van der Waals surface area contributed by atoms with Gasteiger partial charge in [0.1, 0.15) is 5.84 Å². The lowest BCUT2D eigenvalue weighted by molar-refractivity contribution is 1.32. The topological polar surface area (TPSA) is 50.7 Å². The van der Waals surface area contributed by atoms with Gasteiger partial charge in [-0.05, 0) is 39.3 Å². The quantitative estimate of drug-likeness (QED) is 0.559. The minimum absolute atomic E-state index is 0.432. The molecule has 0 aromatic heterocycles. The predicted octanol–water partition coefficient (Wildman–Crippen LogP) is 2.82. The molecule has 0 aromatic carbocycles. The van der Waals surface area contributed by atoms with E-state index < -0.39 is 0 Å². The van der Waals surface area contributed by atoms with Crippen molar-refractivity contribution in [1.29, 1.82) is 0 Å². The van der Waals surface area contributed by atoms with Crippen LogP contribution in [-0.2, 0) is 0 Å². The lowest BCUT2D eigenvalue weighted by atomic mass is 10.3. The molecule has 0 amide bonds. The third kappa shape index (κ3) is 6.43. The van der Waals surface area contributed by atoms with Crippen molar-refractivity contribution in [3.63, 3.8) is 0 Å². The van der Waals surface area contributed by atoms with Crippen molar-refractivity contribution in [2.24, 2.45) is 15.7 Å². The third-order valence-electron chi connectivity index (χ3n) is 1.40. The molecule has 82 valence electrons. The summed E-state index contributed by atoms with van der Waals surface area (Å²) in [5, 5.41) is 0. The molecule has 0 aromatic rings. The third-order valence-corrected chi connectivity index (χ3v) is 1.40. The highest BCUT2D eigenvalue weighted by Crippen LogP contribution is 1.99. The molecule has 2 N–H and O–H groups in total. The van der Waals surface area contributed by atoms with Crippen LogP contribution in [0, 0.1) is 0 Å². The molecule has 3 nitrogen and oxygen atoms in total. The van der Waals surface area contributed by atoms with E-state index in [-0.39, 0.29) is 0 Å². The van der Waals surface area contributed by atoms with E-state index in [0.717, 1.165) is 11.1 Å². The van der Waals surface area contributed by atoms with Gasteiger partial charge < -0.3 is 5.73 Å². The van der Waals surface area contributed by atoms with Crippen LogP contribution >= 0.6 is 0 Å². The maximum atomic E-state index is 5.65. The van der Waals surface area contributed by atoms with E-state index >= 15 is 0 Å². The Balaban J connectivity index is 5.01. The number of nitrogens with two attached hydrogens (primary N) is 1. The Hall–Kier alpha value is -1.64. The lowest BCUT2D eigenvalue weighted by Gasteiger charge is -1.99. The Morgan fingerprint density at radius 2 is 1.87 bits per heavy atom. The first-order valence-corrected chi connectivity index (χ1v) is 4.81. The van der Waals surface area contributed by atoms with E-state index in [9.17, 15) is 0 Å². The van der Waals surface area contributed by atoms with Crippen LogP contribution in [0.15, 0.2) is 46.1 Å². The van der Waals surface area contributed by atoms with Gasteiger partial charge in [-0.3, -0.25) is 0 Å². The van der Waals surface area contributed by atoms with Crippen molar-refractivity contribution in [2.45, 2.75) is 27.7 Å². The van der Waals surface area contributed by atoms with Gasteiger partial charge in [0.2, 0.25) is 0 Å². The zero-order chi connectivity index (χ0) is 11.8. The number of allylic oxidation sites excluding steroid dienone is 2. The maximum absolute atomic E-state index is 5.65. The van der Waals surface area contributed by atoms with Gasteiger partial charge in [0.05, 0.1) is 0 Å². The molecule has 0 bridgehead atoms. The lowest BCUT2D eigenvalue weighted by Crippen LogP contribution is -2.11. The van der Waals surface area contributed by atoms with Crippen LogP contribution in [0.1, 0.15) is 27.7 Å². The van der Waals surface area contributed by atoms with Gasteiger partial charge in [0, 0.05) is 6.20 Å². The Kier molecular flexibility index (Phi) is 6.02. The zero-order valence-corrected chi connectivity index (χ0v) is 9.91. The second-order valence-electron chi connectivity index (χ2n) is 3.48. The first-order chi connectivity index (χ1) is 6.97. The first kappa shape index (κ1) is 13.4. The summed E-state index contributed by atoms with van der Waals surface area (Å²) in [7, 11) is 0. The van der Waals surface area contributed by atoms with Crippen molar-refractivity contribution in [3.05, 3.63) is 36.1 Å². The summed E-state index contributed by atoms with van der Waals surface area (Å²) in [4.78, 5) is 8.35. The van der Waals surface area contributed by atoms with Gasteiger partial charge in [-0.1, -0.05) is 18.2 Å². The van der Waals surface area contributed by atoms with Crippen molar-refractivity contribution in [3.8, 4) is 0 Å². The van der Waals surface area contributed by atoms with Crippen molar-refractivity contribution in [2.75, 3.05) is 0 Å². The predicted molar refractivity (Wildman–Crippen MR) is 68.1 cm³/mol. The van der Waals surface area contributed by atoms with Crippen LogP contribution in [0.25, 0.3) is 0 Å². The van der Waals surface area contributed by atoms with Crippen LogP contribution < -0.4 is 5.73 Å². The molecule has 0 radical (unpaired) electrons. The number of rotatable bonds is 3. The Morgan fingerprint density at radius 3 is 2.27 bits per heavy atom. The molecule has 3 heteroatoms. The normalized spacial score (nSPS) is 13.1. The maximum Gasteiger partial charge on any atom is 0.156 e. The van der Waals surface area contributed by atoms with Crippen molar-refractivity contribution in [1.82, 2.24) is 0 Å². The number of nitrogens with zero attached hydrogens (tertiary/aromatic N) is 2. The minimum Gasteiger partial charge on any atom is -0.384 e. The Morgan fingerprint density at radius 1 is 1.27 bits per heavy atom. The van der Waals surface area contributed by atoms with Gasteiger partial charge in [0.15, 0.2) is 5.84 Å². The number of hydrogen-bond acceptors (Lipinski definition) is 1. The van der Waals surface area contributed by atoms with Crippen molar-refractivity contribution >= 4 is 11.7 Å². The highest BCUT2D eigenvalue weighted by Gasteiger charge is 1.96. The van der Waals surface area contributed by atoms with Crippen LogP contribution in [0.5, 0.6) is 0 Å². The molecule has 0 rings (SSSR count). The molecule has 0 fully saturated rings. The van der Waals surface area contributed by atoms with Gasteiger partial charge in [-0.25, -0.2) is 9.98 Å². The molecule has 0 aliphatic rings. The molecule has 0 aliphatic carbocycles. The van der Waals surface area contributed by atoms with E-state index in [1.54, 1.807) is 12.3 Å². The van der Waals surface area contributed by atoms with E-state index in [0.29, 0.717) is 11.7 Å². The fourth-order valence-electron chi connectivity index (χ4n) is 0.755. The number of aliphatic imine (C=N–C) groups is 2. The van der Waals surface area contributed by atoms with Crippen LogP contribution in [0.2, 0.25) is 0 Å². The minimum atomic E-state index is 0.432. The summed E-state index contributed by atoms with van der Waals surface area (Å²) in [6.07, 6.45) is 5.30. The molecule has 0 unspecified atom stereocenters. The van der Waals surface area contributed by atoms with Gasteiger partial charge in [-0.2, -0.15) is 0 Å². The SMILES string of the molecule is C=C(C)C(N=C(N)/C=C\C)=NC=C(C)C. The zero-order valence-electron chi connectivity index (χ0n) is 9.91. The monoisotopic (exact) mass is 205 g/mol. The smallest absolute Gasteiger partial charge is 0.156 e. The molecule has 15 heavy (non-hydrogen) atoms. The number of amidine groups is 2. The standard InChI is InChI=1S/C12H19N3/c1-6-7-11(13)15-12(10(4)5)14-8-9(2)3/h6-8H,4H2,1-3,5H3,(H2,13,14,15)/b7-6-. The molecular formula is C12H19N3. The van der Waals surface area contributed by atoms with Crippen LogP contribution in [0.3, 0.4) is 0 Å². The van der Waals surface area contributed by atoms with Gasteiger partial charge in [0.25, 0.3) is 0 Å². The molecule has 0 spiro atoms. The summed E-state index contributed by atoms with van der Waals surface area (Å²) < 4.78 is 0. The average molecular weight is 205 g/mol. The highest BCUT2D eigenvalue weighted by atomic mass is 15.0. The van der Waals surface area contributed by atoms with E-state index in [4.69, 9.17) is 5.73 Å². The molecule has 0 saturated heterocycles. The van der Waals surface area contributed by atoms with Gasteiger partial charge in [-0.15, -0.1) is 0 Å². The summed E-state index contributed by atoms with van der Waals surface area (Å²) in [6, 6.07) is 0.